The molecule has 0 radical (unpaired) electrons. The van der Waals surface area contributed by atoms with E-state index in [4.69, 9.17) is 0 Å². The second-order valence-electron chi connectivity index (χ2n) is 4.10. The highest BCUT2D eigenvalue weighted by atomic mass is 19.4. The first-order valence-corrected chi connectivity index (χ1v) is 5.71. The molecule has 0 saturated carbocycles. The van der Waals surface area contributed by atoms with Crippen LogP contribution in [0.3, 0.4) is 0 Å². The normalized spacial score (nSPS) is 11.2. The average Bonchev–Trinajstić information content (AvgIpc) is 2.46. The van der Waals surface area contributed by atoms with Gasteiger partial charge in [-0.15, -0.1) is 0 Å². The standard InChI is InChI=1S/C15H9F3O2/c16-15(17,18)12-8-6-11(7-9-12)14(20)13(19)10-4-2-1-3-5-10/h1-9H. The highest BCUT2D eigenvalue weighted by Gasteiger charge is 2.30. The van der Waals surface area contributed by atoms with Crippen LogP contribution < -0.4 is 0 Å². The van der Waals surface area contributed by atoms with Gasteiger partial charge in [-0.3, -0.25) is 9.59 Å². The second kappa shape index (κ2) is 5.28. The predicted molar refractivity (Wildman–Crippen MR) is 66.5 cm³/mol. The lowest BCUT2D eigenvalue weighted by Crippen LogP contribution is -2.15. The molecule has 0 aliphatic carbocycles. The number of hydrogen-bond acceptors (Lipinski definition) is 2. The topological polar surface area (TPSA) is 34.1 Å². The van der Waals surface area contributed by atoms with Crippen LogP contribution in [0.25, 0.3) is 0 Å². The van der Waals surface area contributed by atoms with Crippen molar-refractivity contribution in [2.75, 3.05) is 0 Å². The van der Waals surface area contributed by atoms with Crippen LogP contribution in [0.4, 0.5) is 13.2 Å². The molecule has 0 aliphatic heterocycles. The maximum absolute atomic E-state index is 12.4. The molecule has 0 unspecified atom stereocenters. The van der Waals surface area contributed by atoms with E-state index in [0.717, 1.165) is 24.3 Å². The molecule has 0 atom stereocenters. The van der Waals surface area contributed by atoms with Crippen LogP contribution >= 0.6 is 0 Å². The Bertz CT molecular complexity index is 628. The van der Waals surface area contributed by atoms with Crippen molar-refractivity contribution in [2.45, 2.75) is 6.18 Å². The fraction of sp³-hybridized carbons (Fsp3) is 0.0667. The van der Waals surface area contributed by atoms with Crippen LogP contribution in [-0.2, 0) is 6.18 Å². The van der Waals surface area contributed by atoms with Crippen molar-refractivity contribution in [1.29, 1.82) is 0 Å². The van der Waals surface area contributed by atoms with E-state index in [0.29, 0.717) is 0 Å². The monoisotopic (exact) mass is 278 g/mol. The zero-order valence-electron chi connectivity index (χ0n) is 10.1. The second-order valence-corrected chi connectivity index (χ2v) is 4.10. The van der Waals surface area contributed by atoms with Gasteiger partial charge < -0.3 is 0 Å². The molecule has 102 valence electrons. The van der Waals surface area contributed by atoms with Crippen molar-refractivity contribution in [3.8, 4) is 0 Å². The summed E-state index contributed by atoms with van der Waals surface area (Å²) in [6, 6.07) is 11.4. The Morgan fingerprint density at radius 1 is 0.700 bits per heavy atom. The van der Waals surface area contributed by atoms with Crippen molar-refractivity contribution in [1.82, 2.24) is 0 Å². The molecule has 0 spiro atoms. The van der Waals surface area contributed by atoms with E-state index < -0.39 is 23.3 Å². The summed E-state index contributed by atoms with van der Waals surface area (Å²) in [7, 11) is 0. The molecule has 0 fully saturated rings. The largest absolute Gasteiger partial charge is 0.416 e. The smallest absolute Gasteiger partial charge is 0.285 e. The summed E-state index contributed by atoms with van der Waals surface area (Å²) in [5, 5.41) is 0. The van der Waals surface area contributed by atoms with Crippen LogP contribution in [0.2, 0.25) is 0 Å². The highest BCUT2D eigenvalue weighted by Crippen LogP contribution is 2.29. The van der Waals surface area contributed by atoms with Gasteiger partial charge in [0, 0.05) is 11.1 Å². The number of halogens is 3. The Hall–Kier alpha value is -2.43. The average molecular weight is 278 g/mol. The van der Waals surface area contributed by atoms with Gasteiger partial charge >= 0.3 is 6.18 Å². The van der Waals surface area contributed by atoms with Crippen LogP contribution in [0.5, 0.6) is 0 Å². The summed E-state index contributed by atoms with van der Waals surface area (Å²) in [6.45, 7) is 0. The number of carbonyl (C=O) groups is 2. The minimum atomic E-state index is -4.47. The van der Waals surface area contributed by atoms with Gasteiger partial charge in [0.15, 0.2) is 0 Å². The Morgan fingerprint density at radius 3 is 1.60 bits per heavy atom. The lowest BCUT2D eigenvalue weighted by Gasteiger charge is -2.06. The van der Waals surface area contributed by atoms with Crippen molar-refractivity contribution >= 4 is 11.6 Å². The van der Waals surface area contributed by atoms with E-state index >= 15 is 0 Å². The van der Waals surface area contributed by atoms with Crippen LogP contribution in [0.15, 0.2) is 54.6 Å². The van der Waals surface area contributed by atoms with Crippen LogP contribution in [0.1, 0.15) is 26.3 Å². The number of alkyl halides is 3. The number of rotatable bonds is 3. The molecule has 0 aromatic heterocycles. The third kappa shape index (κ3) is 2.93. The molecular formula is C15H9F3O2. The lowest BCUT2D eigenvalue weighted by molar-refractivity contribution is -0.137. The quantitative estimate of drug-likeness (QED) is 0.632. The van der Waals surface area contributed by atoms with Gasteiger partial charge in [-0.2, -0.15) is 13.2 Å². The Balaban J connectivity index is 2.24. The van der Waals surface area contributed by atoms with Crippen LogP contribution in [-0.4, -0.2) is 11.6 Å². The van der Waals surface area contributed by atoms with Gasteiger partial charge in [-0.1, -0.05) is 42.5 Å². The fourth-order valence-electron chi connectivity index (χ4n) is 1.66. The maximum Gasteiger partial charge on any atom is 0.416 e. The first-order valence-electron chi connectivity index (χ1n) is 5.71. The van der Waals surface area contributed by atoms with Gasteiger partial charge in [-0.25, -0.2) is 0 Å². The molecule has 0 saturated heterocycles. The Morgan fingerprint density at radius 2 is 1.15 bits per heavy atom. The zero-order chi connectivity index (χ0) is 14.8. The van der Waals surface area contributed by atoms with Gasteiger partial charge in [0.1, 0.15) is 0 Å². The minimum Gasteiger partial charge on any atom is -0.285 e. The van der Waals surface area contributed by atoms with Gasteiger partial charge in [0.05, 0.1) is 5.56 Å². The van der Waals surface area contributed by atoms with E-state index in [-0.39, 0.29) is 11.1 Å². The van der Waals surface area contributed by atoms with Crippen molar-refractivity contribution < 1.29 is 22.8 Å². The molecule has 2 rings (SSSR count). The Labute approximate surface area is 112 Å². The fourth-order valence-corrected chi connectivity index (χ4v) is 1.66. The van der Waals surface area contributed by atoms with E-state index in [2.05, 4.69) is 0 Å². The minimum absolute atomic E-state index is 0.0631. The molecule has 0 amide bonds. The van der Waals surface area contributed by atoms with E-state index in [1.807, 2.05) is 0 Å². The molecule has 0 N–H and O–H groups in total. The molecule has 0 bridgehead atoms. The van der Waals surface area contributed by atoms with Crippen molar-refractivity contribution in [3.63, 3.8) is 0 Å². The molecule has 2 aromatic carbocycles. The van der Waals surface area contributed by atoms with E-state index in [1.165, 1.54) is 12.1 Å². The number of ketones is 2. The number of hydrogen-bond donors (Lipinski definition) is 0. The summed E-state index contributed by atoms with van der Waals surface area (Å²) in [6.07, 6.45) is -4.47. The summed E-state index contributed by atoms with van der Waals surface area (Å²) in [5.74, 6) is -1.57. The zero-order valence-corrected chi connectivity index (χ0v) is 10.1. The van der Waals surface area contributed by atoms with Gasteiger partial charge in [0.25, 0.3) is 0 Å². The van der Waals surface area contributed by atoms with Gasteiger partial charge in [0.2, 0.25) is 11.6 Å². The third-order valence-corrected chi connectivity index (χ3v) is 2.72. The summed E-state index contributed by atoms with van der Waals surface area (Å²) in [5.41, 5.74) is -0.717. The number of benzene rings is 2. The lowest BCUT2D eigenvalue weighted by atomic mass is 10.0. The van der Waals surface area contributed by atoms with E-state index in [9.17, 15) is 22.8 Å². The summed E-state index contributed by atoms with van der Waals surface area (Å²) >= 11 is 0. The molecule has 20 heavy (non-hydrogen) atoms. The summed E-state index contributed by atoms with van der Waals surface area (Å²) < 4.78 is 37.2. The van der Waals surface area contributed by atoms with Crippen molar-refractivity contribution in [3.05, 3.63) is 71.3 Å². The number of carbonyl (C=O) groups excluding carboxylic acids is 2. The van der Waals surface area contributed by atoms with Gasteiger partial charge in [-0.05, 0) is 12.1 Å². The summed E-state index contributed by atoms with van der Waals surface area (Å²) in [4.78, 5) is 23.7. The SMILES string of the molecule is O=C(C(=O)c1ccc(C(F)(F)F)cc1)c1ccccc1. The predicted octanol–water partition coefficient (Wildman–Crippen LogP) is 3.77. The first-order chi connectivity index (χ1) is 9.39. The highest BCUT2D eigenvalue weighted by molar-refractivity contribution is 6.49. The molecule has 0 aliphatic rings. The third-order valence-electron chi connectivity index (χ3n) is 2.72. The maximum atomic E-state index is 12.4. The number of Topliss-reactive ketones (excluding diaryl/α,β-unsaturated/α-hetero) is 2. The molecule has 2 aromatic rings. The van der Waals surface area contributed by atoms with E-state index in [1.54, 1.807) is 18.2 Å². The molecular weight excluding hydrogens is 269 g/mol. The Kier molecular flexibility index (Phi) is 3.70. The van der Waals surface area contributed by atoms with Crippen molar-refractivity contribution in [2.24, 2.45) is 0 Å². The molecule has 0 heterocycles. The molecule has 2 nitrogen and oxygen atoms in total. The molecule has 5 heteroatoms. The first kappa shape index (κ1) is 14.0. The van der Waals surface area contributed by atoms with Crippen LogP contribution in [0, 0.1) is 0 Å².